The van der Waals surface area contributed by atoms with E-state index in [1.807, 2.05) is 0 Å². The van der Waals surface area contributed by atoms with Gasteiger partial charge in [-0.15, -0.1) is 0 Å². The molecule has 0 amide bonds. The summed E-state index contributed by atoms with van der Waals surface area (Å²) in [6.45, 7) is -0.0951. The highest BCUT2D eigenvalue weighted by Gasteiger charge is 2.42. The van der Waals surface area contributed by atoms with Gasteiger partial charge in [0.1, 0.15) is 0 Å². The summed E-state index contributed by atoms with van der Waals surface area (Å²) in [5.41, 5.74) is 27.2. The Labute approximate surface area is 573 Å². The third kappa shape index (κ3) is 8.61. The van der Waals surface area contributed by atoms with Crippen molar-refractivity contribution in [3.8, 4) is 55.9 Å². The molecule has 0 atom stereocenters. The first kappa shape index (κ1) is 55.3. The molecule has 4 heterocycles. The highest BCUT2D eigenvalue weighted by atomic mass is 15.2. The molecule has 0 saturated carbocycles. The minimum atomic E-state index is -0.0951. The van der Waals surface area contributed by atoms with Gasteiger partial charge in [0.2, 0.25) is 0 Å². The number of para-hydroxylation sites is 2. The van der Waals surface area contributed by atoms with Gasteiger partial charge in [-0.2, -0.15) is 0 Å². The van der Waals surface area contributed by atoms with E-state index in [-0.39, 0.29) is 6.71 Å². The zero-order valence-corrected chi connectivity index (χ0v) is 53.9. The number of hydrogen-bond acceptors (Lipinski definition) is 2. The predicted octanol–water partition coefficient (Wildman–Crippen LogP) is 23.2. The van der Waals surface area contributed by atoms with Crippen molar-refractivity contribution < 1.29 is 0 Å². The molecule has 0 N–H and O–H groups in total. The van der Waals surface area contributed by atoms with E-state index < -0.39 is 0 Å². The lowest BCUT2D eigenvalue weighted by molar-refractivity contribution is 1.16. The van der Waals surface area contributed by atoms with Crippen molar-refractivity contribution in [3.05, 3.63) is 358 Å². The lowest BCUT2D eigenvalue weighted by Crippen LogP contribution is -2.59. The van der Waals surface area contributed by atoms with E-state index in [4.69, 9.17) is 0 Å². The van der Waals surface area contributed by atoms with Gasteiger partial charge in [0.25, 0.3) is 6.71 Å². The van der Waals surface area contributed by atoms with Gasteiger partial charge in [0.05, 0.1) is 22.1 Å². The fraction of sp³-hybridized carbons (Fsp3) is 0. The van der Waals surface area contributed by atoms with Crippen LogP contribution in [-0.4, -0.2) is 15.8 Å². The van der Waals surface area contributed by atoms with Crippen molar-refractivity contribution in [2.75, 3.05) is 9.80 Å². The Balaban J connectivity index is 0.756. The van der Waals surface area contributed by atoms with E-state index in [1.165, 1.54) is 159 Å². The molecule has 2 aliphatic heterocycles. The largest absolute Gasteiger partial charge is 0.310 e. The van der Waals surface area contributed by atoms with Crippen LogP contribution in [0.5, 0.6) is 0 Å². The van der Waals surface area contributed by atoms with Crippen molar-refractivity contribution in [2.45, 2.75) is 0 Å². The van der Waals surface area contributed by atoms with Crippen molar-refractivity contribution in [1.29, 1.82) is 0 Å². The molecule has 0 saturated heterocycles. The minimum absolute atomic E-state index is 0.0951. The highest BCUT2D eigenvalue weighted by molar-refractivity contribution is 7.00. The summed E-state index contributed by atoms with van der Waals surface area (Å²) in [6, 6.07) is 133. The molecule has 0 spiro atoms. The molecule has 17 aromatic carbocycles. The minimum Gasteiger partial charge on any atom is -0.310 e. The molecule has 0 radical (unpaired) electrons. The first-order valence-corrected chi connectivity index (χ1v) is 34.3. The smallest absolute Gasteiger partial charge is 0.252 e. The third-order valence-corrected chi connectivity index (χ3v) is 21.4. The number of anilines is 6. The topological polar surface area (TPSA) is 16.3 Å². The van der Waals surface area contributed by atoms with Crippen LogP contribution < -0.4 is 26.2 Å². The van der Waals surface area contributed by atoms with Crippen molar-refractivity contribution in [2.24, 2.45) is 0 Å². The first-order chi connectivity index (χ1) is 49.1. The van der Waals surface area contributed by atoms with E-state index in [1.54, 1.807) is 0 Å². The Hall–Kier alpha value is -13.0. The number of aromatic nitrogens is 2. The van der Waals surface area contributed by atoms with E-state index >= 15 is 0 Å². The van der Waals surface area contributed by atoms with Crippen molar-refractivity contribution >= 4 is 144 Å². The number of hydrogen-bond donors (Lipinski definition) is 0. The molecule has 2 aliphatic rings. The number of benzene rings is 17. The summed E-state index contributed by atoms with van der Waals surface area (Å²) in [5, 5.41) is 14.9. The fourth-order valence-corrected chi connectivity index (χ4v) is 16.9. The van der Waals surface area contributed by atoms with E-state index in [0.717, 1.165) is 34.1 Å². The lowest BCUT2D eigenvalue weighted by Gasteiger charge is -2.35. The Morgan fingerprint density at radius 2 is 0.545 bits per heavy atom. The van der Waals surface area contributed by atoms with E-state index in [2.05, 4.69) is 377 Å². The number of nitrogens with zero attached hydrogens (tertiary/aromatic N) is 4. The Bertz CT molecular complexity index is 6140. The maximum atomic E-state index is 2.60. The molecule has 0 bridgehead atoms. The molecule has 5 heteroatoms. The zero-order valence-electron chi connectivity index (χ0n) is 53.9. The van der Waals surface area contributed by atoms with Crippen LogP contribution in [0, 0.1) is 0 Å². The molecule has 2 aromatic heterocycles. The molecule has 4 nitrogen and oxygen atoms in total. The van der Waals surface area contributed by atoms with Crippen LogP contribution in [0.2, 0.25) is 0 Å². The fourth-order valence-electron chi connectivity index (χ4n) is 16.9. The van der Waals surface area contributed by atoms with Gasteiger partial charge < -0.3 is 18.9 Å². The summed E-state index contributed by atoms with van der Waals surface area (Å²) in [6.07, 6.45) is 0. The molecule has 19 aromatic rings. The zero-order chi connectivity index (χ0) is 64.8. The maximum absolute atomic E-state index is 2.60. The van der Waals surface area contributed by atoms with Gasteiger partial charge >= 0.3 is 0 Å². The van der Waals surface area contributed by atoms with Gasteiger partial charge in [0.15, 0.2) is 0 Å². The van der Waals surface area contributed by atoms with Crippen LogP contribution in [-0.2, 0) is 0 Å². The van der Waals surface area contributed by atoms with Gasteiger partial charge in [-0.1, -0.05) is 255 Å². The third-order valence-electron chi connectivity index (χ3n) is 21.4. The summed E-state index contributed by atoms with van der Waals surface area (Å²) in [5.74, 6) is 0. The Morgan fingerprint density at radius 3 is 0.970 bits per heavy atom. The molecule has 0 aliphatic carbocycles. The number of rotatable bonds is 10. The maximum Gasteiger partial charge on any atom is 0.252 e. The molecule has 0 unspecified atom stereocenters. The van der Waals surface area contributed by atoms with Crippen LogP contribution in [0.15, 0.2) is 358 Å². The average Bonchev–Trinajstić information content (AvgIpc) is 1.53. The standard InChI is InChI=1S/C94H59BN4/c1-3-19-68-55-70(33-31-60(68)15-1)62-35-43-72(44-36-62)96(74-47-39-66(40-48-74)80-27-13-21-64-17-5-7-23-78(64)80)76-51-53-86-90(57-76)98-88-29-11-9-25-82(88)84-59-85-83-26-10-12-30-89(83)99-91-58-77(52-54-87(91)95(86)92(93(84)98)94(85)99)97(73-45-37-63(38-46-73)71-34-32-61-16-2-4-20-69(61)56-71)75-49-41-67(42-50-75)81-28-14-22-65-18-6-8-24-79(65)81/h1-59H. The summed E-state index contributed by atoms with van der Waals surface area (Å²) in [4.78, 5) is 4.91. The summed E-state index contributed by atoms with van der Waals surface area (Å²) in [7, 11) is 0. The van der Waals surface area contributed by atoms with Gasteiger partial charge in [-0.05, 0) is 207 Å². The van der Waals surface area contributed by atoms with Crippen LogP contribution >= 0.6 is 0 Å². The second-order valence-corrected chi connectivity index (χ2v) is 26.7. The van der Waals surface area contributed by atoms with Crippen LogP contribution in [0.1, 0.15) is 0 Å². The molecule has 99 heavy (non-hydrogen) atoms. The monoisotopic (exact) mass is 1250 g/mol. The second-order valence-electron chi connectivity index (χ2n) is 26.7. The quantitative estimate of drug-likeness (QED) is 0.127. The first-order valence-electron chi connectivity index (χ1n) is 34.3. The van der Waals surface area contributed by atoms with Crippen molar-refractivity contribution in [1.82, 2.24) is 9.13 Å². The predicted molar refractivity (Wildman–Crippen MR) is 421 cm³/mol. The number of fused-ring (bicyclic) bond motifs is 16. The van der Waals surface area contributed by atoms with Crippen LogP contribution in [0.4, 0.5) is 34.1 Å². The van der Waals surface area contributed by atoms with Gasteiger partial charge in [0, 0.05) is 67.0 Å². The molecular weight excluding hydrogens is 1200 g/mol. The Kier molecular flexibility index (Phi) is 12.2. The lowest BCUT2D eigenvalue weighted by atomic mass is 9.34. The highest BCUT2D eigenvalue weighted by Crippen LogP contribution is 2.47. The van der Waals surface area contributed by atoms with E-state index in [9.17, 15) is 0 Å². The molecule has 458 valence electrons. The normalized spacial score (nSPS) is 12.2. The summed E-state index contributed by atoms with van der Waals surface area (Å²) >= 11 is 0. The molecule has 0 fully saturated rings. The second kappa shape index (κ2) is 21.8. The summed E-state index contributed by atoms with van der Waals surface area (Å²) < 4.78 is 5.21. The van der Waals surface area contributed by atoms with E-state index in [0.29, 0.717) is 0 Å². The van der Waals surface area contributed by atoms with Gasteiger partial charge in [-0.25, -0.2) is 0 Å². The van der Waals surface area contributed by atoms with Gasteiger partial charge in [-0.3, -0.25) is 0 Å². The Morgan fingerprint density at radius 1 is 0.212 bits per heavy atom. The SMILES string of the molecule is c1ccc2cc(-c3ccc(N(c4ccc(-c5cccc6ccccc56)cc4)c4ccc5c(c4)-n4c6ccccc6c6cc7c8ccccc8n8c7c(c64)B5c4ccc(N(c5ccc(-c6ccc7ccccc7c6)cc5)c5ccc(-c6cccc7ccccc67)cc5)cc4-8)cc3)ccc2c1. The molecular formula is C94H59BN4. The van der Waals surface area contributed by atoms with Crippen LogP contribution in [0.3, 0.4) is 0 Å². The van der Waals surface area contributed by atoms with Crippen LogP contribution in [0.25, 0.3) is 143 Å². The molecule has 21 rings (SSSR count). The average molecular weight is 1260 g/mol. The van der Waals surface area contributed by atoms with Crippen molar-refractivity contribution in [3.63, 3.8) is 0 Å².